The summed E-state index contributed by atoms with van der Waals surface area (Å²) < 4.78 is 5.00. The second-order valence-electron chi connectivity index (χ2n) is 3.20. The maximum Gasteiger partial charge on any atom is 0.0589 e. The van der Waals surface area contributed by atoms with Gasteiger partial charge in [-0.05, 0) is 19.4 Å². The quantitative estimate of drug-likeness (QED) is 0.631. The number of nitrogens with zero attached hydrogens (tertiary/aromatic N) is 1. The third kappa shape index (κ3) is 3.18. The molecule has 1 atom stereocenters. The van der Waals surface area contributed by atoms with Crippen molar-refractivity contribution in [3.8, 4) is 0 Å². The second-order valence-corrected chi connectivity index (χ2v) is 3.20. The van der Waals surface area contributed by atoms with E-state index in [-0.39, 0.29) is 0 Å². The number of hydrogen-bond acceptors (Lipinski definition) is 3. The van der Waals surface area contributed by atoms with Crippen molar-refractivity contribution in [1.29, 1.82) is 0 Å². The molecule has 3 nitrogen and oxygen atoms in total. The molecule has 0 radical (unpaired) electrons. The van der Waals surface area contributed by atoms with Gasteiger partial charge in [-0.25, -0.2) is 0 Å². The van der Waals surface area contributed by atoms with Gasteiger partial charge in [-0.1, -0.05) is 0 Å². The first-order valence-corrected chi connectivity index (χ1v) is 4.30. The van der Waals surface area contributed by atoms with E-state index in [0.717, 1.165) is 19.7 Å². The molecule has 1 saturated heterocycles. The lowest BCUT2D eigenvalue weighted by atomic mass is 10.1. The molecule has 2 N–H and O–H groups in total. The van der Waals surface area contributed by atoms with Crippen LogP contribution in [0.15, 0.2) is 0 Å². The number of rotatable bonds is 3. The molecule has 11 heavy (non-hydrogen) atoms. The highest BCUT2D eigenvalue weighted by atomic mass is 16.5. The van der Waals surface area contributed by atoms with Gasteiger partial charge < -0.3 is 10.5 Å². The van der Waals surface area contributed by atoms with E-state index in [9.17, 15) is 0 Å². The van der Waals surface area contributed by atoms with Crippen LogP contribution in [0, 0.1) is 0 Å². The Morgan fingerprint density at radius 1 is 1.64 bits per heavy atom. The van der Waals surface area contributed by atoms with E-state index in [2.05, 4.69) is 4.90 Å². The Kier molecular flexibility index (Phi) is 3.83. The van der Waals surface area contributed by atoms with Crippen molar-refractivity contribution in [2.45, 2.75) is 18.9 Å². The molecule has 1 heterocycles. The fourth-order valence-electron chi connectivity index (χ4n) is 1.51. The summed E-state index contributed by atoms with van der Waals surface area (Å²) in [7, 11) is 1.74. The van der Waals surface area contributed by atoms with E-state index in [1.807, 2.05) is 0 Å². The van der Waals surface area contributed by atoms with Crippen LogP contribution < -0.4 is 5.73 Å². The Morgan fingerprint density at radius 3 is 3.09 bits per heavy atom. The molecule has 0 aromatic heterocycles. The average Bonchev–Trinajstić information content (AvgIpc) is 2.01. The molecule has 1 fully saturated rings. The number of nitrogens with two attached hydrogens (primary N) is 1. The first-order chi connectivity index (χ1) is 5.33. The van der Waals surface area contributed by atoms with Crippen LogP contribution in [0.3, 0.4) is 0 Å². The molecule has 0 bridgehead atoms. The minimum atomic E-state index is 0.389. The van der Waals surface area contributed by atoms with E-state index in [1.54, 1.807) is 7.11 Å². The van der Waals surface area contributed by atoms with Crippen molar-refractivity contribution in [2.24, 2.45) is 5.73 Å². The Hall–Kier alpha value is -0.120. The van der Waals surface area contributed by atoms with Gasteiger partial charge in [0.15, 0.2) is 0 Å². The number of ether oxygens (including phenoxy) is 1. The smallest absolute Gasteiger partial charge is 0.0589 e. The number of hydrogen-bond donors (Lipinski definition) is 1. The highest BCUT2D eigenvalue weighted by Gasteiger charge is 2.15. The van der Waals surface area contributed by atoms with E-state index in [1.165, 1.54) is 19.4 Å². The molecular weight excluding hydrogens is 140 g/mol. The molecule has 0 aromatic rings. The highest BCUT2D eigenvalue weighted by molar-refractivity contribution is 4.74. The van der Waals surface area contributed by atoms with Gasteiger partial charge in [0.25, 0.3) is 0 Å². The van der Waals surface area contributed by atoms with Crippen LogP contribution in [0.4, 0.5) is 0 Å². The van der Waals surface area contributed by atoms with Crippen LogP contribution in [-0.4, -0.2) is 44.3 Å². The van der Waals surface area contributed by atoms with Crippen molar-refractivity contribution in [1.82, 2.24) is 4.90 Å². The molecule has 0 amide bonds. The maximum absolute atomic E-state index is 5.81. The fraction of sp³-hybridized carbons (Fsp3) is 1.00. The largest absolute Gasteiger partial charge is 0.383 e. The molecule has 1 aliphatic rings. The zero-order valence-electron chi connectivity index (χ0n) is 7.25. The zero-order valence-corrected chi connectivity index (χ0v) is 7.25. The maximum atomic E-state index is 5.81. The monoisotopic (exact) mass is 158 g/mol. The molecule has 66 valence electrons. The van der Waals surface area contributed by atoms with Gasteiger partial charge in [0.05, 0.1) is 6.61 Å². The molecule has 0 saturated carbocycles. The standard InChI is InChI=1S/C8H18N2O/c1-11-6-5-10-4-2-3-8(9)7-10/h8H,2-7,9H2,1H3. The van der Waals surface area contributed by atoms with Crippen LogP contribution >= 0.6 is 0 Å². The molecule has 1 unspecified atom stereocenters. The molecular formula is C8H18N2O. The summed E-state index contributed by atoms with van der Waals surface area (Å²) in [6.07, 6.45) is 2.42. The predicted octanol–water partition coefficient (Wildman–Crippen LogP) is 0.0559. The highest BCUT2D eigenvalue weighted by Crippen LogP contribution is 2.06. The van der Waals surface area contributed by atoms with Gasteiger partial charge in [0.1, 0.15) is 0 Å². The van der Waals surface area contributed by atoms with E-state index < -0.39 is 0 Å². The molecule has 3 heteroatoms. The van der Waals surface area contributed by atoms with Gasteiger partial charge in [-0.2, -0.15) is 0 Å². The summed E-state index contributed by atoms with van der Waals surface area (Å²) in [6, 6.07) is 0.389. The van der Waals surface area contributed by atoms with Crippen LogP contribution in [0.25, 0.3) is 0 Å². The van der Waals surface area contributed by atoms with Crippen molar-refractivity contribution in [3.63, 3.8) is 0 Å². The SMILES string of the molecule is COCCN1CCCC(N)C1. The van der Waals surface area contributed by atoms with E-state index in [4.69, 9.17) is 10.5 Å². The van der Waals surface area contributed by atoms with Crippen molar-refractivity contribution in [3.05, 3.63) is 0 Å². The summed E-state index contributed by atoms with van der Waals surface area (Å²) in [5.74, 6) is 0. The minimum Gasteiger partial charge on any atom is -0.383 e. The minimum absolute atomic E-state index is 0.389. The summed E-state index contributed by atoms with van der Waals surface area (Å²) >= 11 is 0. The van der Waals surface area contributed by atoms with Crippen LogP contribution in [0.2, 0.25) is 0 Å². The normalized spacial score (nSPS) is 27.3. The zero-order chi connectivity index (χ0) is 8.10. The Balaban J connectivity index is 2.12. The number of piperidine rings is 1. The van der Waals surface area contributed by atoms with Crippen molar-refractivity contribution >= 4 is 0 Å². The van der Waals surface area contributed by atoms with Crippen LogP contribution in [0.1, 0.15) is 12.8 Å². The molecule has 0 aromatic carbocycles. The Labute approximate surface area is 68.5 Å². The van der Waals surface area contributed by atoms with Gasteiger partial charge in [-0.15, -0.1) is 0 Å². The number of likely N-dealkylation sites (tertiary alicyclic amines) is 1. The summed E-state index contributed by atoms with van der Waals surface area (Å²) in [4.78, 5) is 2.37. The topological polar surface area (TPSA) is 38.5 Å². The molecule has 1 aliphatic heterocycles. The lowest BCUT2D eigenvalue weighted by molar-refractivity contribution is 0.129. The fourth-order valence-corrected chi connectivity index (χ4v) is 1.51. The molecule has 1 rings (SSSR count). The summed E-state index contributed by atoms with van der Waals surface area (Å²) in [5, 5.41) is 0. The van der Waals surface area contributed by atoms with Gasteiger partial charge in [0, 0.05) is 26.2 Å². The Morgan fingerprint density at radius 2 is 2.45 bits per heavy atom. The second kappa shape index (κ2) is 4.70. The van der Waals surface area contributed by atoms with E-state index >= 15 is 0 Å². The third-order valence-corrected chi connectivity index (χ3v) is 2.15. The van der Waals surface area contributed by atoms with Gasteiger partial charge in [0.2, 0.25) is 0 Å². The first kappa shape index (κ1) is 8.97. The number of methoxy groups -OCH3 is 1. The van der Waals surface area contributed by atoms with Crippen LogP contribution in [0.5, 0.6) is 0 Å². The van der Waals surface area contributed by atoms with Crippen LogP contribution in [-0.2, 0) is 4.74 Å². The molecule has 0 spiro atoms. The average molecular weight is 158 g/mol. The summed E-state index contributed by atoms with van der Waals surface area (Å²) in [6.45, 7) is 4.09. The lowest BCUT2D eigenvalue weighted by Gasteiger charge is -2.30. The first-order valence-electron chi connectivity index (χ1n) is 4.30. The third-order valence-electron chi connectivity index (χ3n) is 2.15. The van der Waals surface area contributed by atoms with Gasteiger partial charge in [-0.3, -0.25) is 4.90 Å². The van der Waals surface area contributed by atoms with Crippen molar-refractivity contribution in [2.75, 3.05) is 33.4 Å². The lowest BCUT2D eigenvalue weighted by Crippen LogP contribution is -2.43. The Bertz CT molecular complexity index is 108. The van der Waals surface area contributed by atoms with Crippen molar-refractivity contribution < 1.29 is 4.74 Å². The summed E-state index contributed by atoms with van der Waals surface area (Å²) in [5.41, 5.74) is 5.81. The van der Waals surface area contributed by atoms with E-state index in [0.29, 0.717) is 6.04 Å². The van der Waals surface area contributed by atoms with Gasteiger partial charge >= 0.3 is 0 Å². The predicted molar refractivity (Wildman–Crippen MR) is 45.5 cm³/mol. The molecule has 0 aliphatic carbocycles.